The Balaban J connectivity index is 2.08. The van der Waals surface area contributed by atoms with Gasteiger partial charge in [-0.15, -0.1) is 0 Å². The molecule has 0 radical (unpaired) electrons. The predicted molar refractivity (Wildman–Crippen MR) is 89.9 cm³/mol. The highest BCUT2D eigenvalue weighted by Crippen LogP contribution is 2.50. The number of rotatable bonds is 3. The van der Waals surface area contributed by atoms with Gasteiger partial charge in [-0.25, -0.2) is 0 Å². The smallest absolute Gasteiger partial charge is 0.216 e. The van der Waals surface area contributed by atoms with Crippen LogP contribution in [0.3, 0.4) is 0 Å². The van der Waals surface area contributed by atoms with Crippen LogP contribution >= 0.6 is 0 Å². The minimum absolute atomic E-state index is 0.00768. The summed E-state index contributed by atoms with van der Waals surface area (Å²) in [6.45, 7) is 4.39. The summed E-state index contributed by atoms with van der Waals surface area (Å²) in [5, 5.41) is 12.2. The Morgan fingerprint density at radius 1 is 1.30 bits per heavy atom. The van der Waals surface area contributed by atoms with Gasteiger partial charge >= 0.3 is 0 Å². The molecule has 1 N–H and O–H groups in total. The van der Waals surface area contributed by atoms with E-state index in [0.717, 1.165) is 6.42 Å². The van der Waals surface area contributed by atoms with Crippen molar-refractivity contribution in [2.24, 2.45) is 5.41 Å². The highest BCUT2D eigenvalue weighted by atomic mass is 16.1. The third kappa shape index (κ3) is 2.85. The highest BCUT2D eigenvalue weighted by molar-refractivity contribution is 5.73. The molecule has 0 saturated carbocycles. The number of nitrogens with one attached hydrogen (secondary N) is 1. The van der Waals surface area contributed by atoms with Crippen molar-refractivity contribution in [3.8, 4) is 6.07 Å². The average Bonchev–Trinajstić information content (AvgIpc) is 2.85. The maximum Gasteiger partial charge on any atom is 0.216 e. The number of benzene rings is 2. The normalized spacial score (nSPS) is 22.2. The van der Waals surface area contributed by atoms with Crippen LogP contribution < -0.4 is 5.32 Å². The Morgan fingerprint density at radius 3 is 2.70 bits per heavy atom. The minimum Gasteiger partial charge on any atom is -0.356 e. The van der Waals surface area contributed by atoms with E-state index in [1.165, 1.54) is 16.7 Å². The van der Waals surface area contributed by atoms with Gasteiger partial charge in [0.15, 0.2) is 0 Å². The number of nitriles is 1. The van der Waals surface area contributed by atoms with Crippen molar-refractivity contribution in [2.45, 2.75) is 26.2 Å². The van der Waals surface area contributed by atoms with E-state index in [2.05, 4.69) is 36.5 Å². The molecule has 1 aliphatic carbocycles. The van der Waals surface area contributed by atoms with Gasteiger partial charge in [-0.3, -0.25) is 4.79 Å². The van der Waals surface area contributed by atoms with Crippen LogP contribution in [-0.4, -0.2) is 12.5 Å². The Kier molecular flexibility index (Phi) is 3.92. The van der Waals surface area contributed by atoms with Gasteiger partial charge in [0, 0.05) is 19.4 Å². The van der Waals surface area contributed by atoms with Gasteiger partial charge in [-0.05, 0) is 40.7 Å². The summed E-state index contributed by atoms with van der Waals surface area (Å²) in [7, 11) is 0. The van der Waals surface area contributed by atoms with E-state index in [-0.39, 0.29) is 17.2 Å². The standard InChI is InChI=1S/C20H20N2O/c1-14(23)22-13-20(2)11-17-9-8-15(12-21)10-18(17)19(20)16-6-4-3-5-7-16/h3-10,19H,11,13H2,1-2H3,(H,22,23)/t19-,20-/m0/s1. The zero-order chi connectivity index (χ0) is 16.4. The summed E-state index contributed by atoms with van der Waals surface area (Å²) in [6.07, 6.45) is 0.897. The minimum atomic E-state index is -0.0938. The lowest BCUT2D eigenvalue weighted by atomic mass is 9.74. The Labute approximate surface area is 137 Å². The van der Waals surface area contributed by atoms with E-state index in [4.69, 9.17) is 0 Å². The first-order valence-electron chi connectivity index (χ1n) is 7.86. The SMILES string of the molecule is CC(=O)NC[C@]1(C)Cc2ccc(C#N)cc2[C@@H]1c1ccccc1. The summed E-state index contributed by atoms with van der Waals surface area (Å²) >= 11 is 0. The van der Waals surface area contributed by atoms with Crippen molar-refractivity contribution < 1.29 is 4.79 Å². The highest BCUT2D eigenvalue weighted by Gasteiger charge is 2.43. The maximum absolute atomic E-state index is 11.4. The van der Waals surface area contributed by atoms with Gasteiger partial charge < -0.3 is 5.32 Å². The molecular weight excluding hydrogens is 284 g/mol. The monoisotopic (exact) mass is 304 g/mol. The second kappa shape index (κ2) is 5.89. The summed E-state index contributed by atoms with van der Waals surface area (Å²) in [5.41, 5.74) is 4.31. The molecule has 0 bridgehead atoms. The molecule has 0 spiro atoms. The number of hydrogen-bond acceptors (Lipinski definition) is 2. The molecule has 1 aliphatic rings. The van der Waals surface area contributed by atoms with Gasteiger partial charge in [0.05, 0.1) is 11.6 Å². The molecule has 0 saturated heterocycles. The number of amides is 1. The number of nitrogens with zero attached hydrogens (tertiary/aromatic N) is 1. The van der Waals surface area contributed by atoms with Crippen molar-refractivity contribution in [1.82, 2.24) is 5.32 Å². The van der Waals surface area contributed by atoms with Crippen LogP contribution in [-0.2, 0) is 11.2 Å². The zero-order valence-electron chi connectivity index (χ0n) is 13.5. The van der Waals surface area contributed by atoms with E-state index in [1.54, 1.807) is 6.92 Å². The summed E-state index contributed by atoms with van der Waals surface area (Å²) < 4.78 is 0. The lowest BCUT2D eigenvalue weighted by Crippen LogP contribution is -2.37. The summed E-state index contributed by atoms with van der Waals surface area (Å²) in [4.78, 5) is 11.4. The van der Waals surface area contributed by atoms with E-state index < -0.39 is 0 Å². The van der Waals surface area contributed by atoms with Gasteiger partial charge in [0.2, 0.25) is 5.91 Å². The molecule has 116 valence electrons. The first kappa shape index (κ1) is 15.3. The topological polar surface area (TPSA) is 52.9 Å². The van der Waals surface area contributed by atoms with Crippen LogP contribution in [0.15, 0.2) is 48.5 Å². The maximum atomic E-state index is 11.4. The molecule has 0 aliphatic heterocycles. The number of carbonyl (C=O) groups is 1. The fourth-order valence-corrected chi connectivity index (χ4v) is 3.73. The number of fused-ring (bicyclic) bond motifs is 1. The van der Waals surface area contributed by atoms with Crippen molar-refractivity contribution >= 4 is 5.91 Å². The fraction of sp³-hybridized carbons (Fsp3) is 0.300. The molecule has 0 aromatic heterocycles. The lowest BCUT2D eigenvalue weighted by Gasteiger charge is -2.32. The molecule has 3 heteroatoms. The molecule has 0 fully saturated rings. The molecule has 0 unspecified atom stereocenters. The van der Waals surface area contributed by atoms with Crippen molar-refractivity contribution in [3.05, 3.63) is 70.8 Å². The molecular formula is C20H20N2O. The van der Waals surface area contributed by atoms with Gasteiger partial charge in [-0.1, -0.05) is 43.3 Å². The second-order valence-corrected chi connectivity index (χ2v) is 6.61. The van der Waals surface area contributed by atoms with E-state index in [9.17, 15) is 10.1 Å². The molecule has 3 rings (SSSR count). The molecule has 2 aromatic rings. The number of hydrogen-bond donors (Lipinski definition) is 1. The molecule has 2 atom stereocenters. The third-order valence-electron chi connectivity index (χ3n) is 4.75. The second-order valence-electron chi connectivity index (χ2n) is 6.61. The van der Waals surface area contributed by atoms with E-state index >= 15 is 0 Å². The predicted octanol–water partition coefficient (Wildman–Crippen LogP) is 3.39. The first-order chi connectivity index (χ1) is 11.0. The largest absolute Gasteiger partial charge is 0.356 e. The van der Waals surface area contributed by atoms with Crippen LogP contribution in [0.1, 0.15) is 42.0 Å². The quantitative estimate of drug-likeness (QED) is 0.945. The summed E-state index contributed by atoms with van der Waals surface area (Å²) in [5.74, 6) is 0.172. The number of carbonyl (C=O) groups excluding carboxylic acids is 1. The van der Waals surface area contributed by atoms with Crippen molar-refractivity contribution in [1.29, 1.82) is 5.26 Å². The van der Waals surface area contributed by atoms with Crippen LogP contribution in [0.25, 0.3) is 0 Å². The Morgan fingerprint density at radius 2 is 2.04 bits per heavy atom. The van der Waals surface area contributed by atoms with Gasteiger partial charge in [0.1, 0.15) is 0 Å². The van der Waals surface area contributed by atoms with E-state index in [0.29, 0.717) is 12.1 Å². The molecule has 0 heterocycles. The summed E-state index contributed by atoms with van der Waals surface area (Å²) in [6, 6.07) is 18.5. The third-order valence-corrected chi connectivity index (χ3v) is 4.75. The van der Waals surface area contributed by atoms with Crippen LogP contribution in [0.5, 0.6) is 0 Å². The van der Waals surface area contributed by atoms with E-state index in [1.807, 2.05) is 30.3 Å². The lowest BCUT2D eigenvalue weighted by molar-refractivity contribution is -0.119. The molecule has 23 heavy (non-hydrogen) atoms. The van der Waals surface area contributed by atoms with Crippen LogP contribution in [0, 0.1) is 16.7 Å². The fourth-order valence-electron chi connectivity index (χ4n) is 3.73. The Bertz CT molecular complexity index is 776. The molecule has 1 amide bonds. The van der Waals surface area contributed by atoms with Crippen LogP contribution in [0.4, 0.5) is 0 Å². The van der Waals surface area contributed by atoms with Crippen molar-refractivity contribution in [3.63, 3.8) is 0 Å². The van der Waals surface area contributed by atoms with Gasteiger partial charge in [0.25, 0.3) is 0 Å². The first-order valence-corrected chi connectivity index (χ1v) is 7.86. The average molecular weight is 304 g/mol. The molecule has 2 aromatic carbocycles. The Hall–Kier alpha value is -2.60. The van der Waals surface area contributed by atoms with Crippen molar-refractivity contribution in [2.75, 3.05) is 6.54 Å². The molecule has 3 nitrogen and oxygen atoms in total. The van der Waals surface area contributed by atoms with Gasteiger partial charge in [-0.2, -0.15) is 5.26 Å². The van der Waals surface area contributed by atoms with Crippen LogP contribution in [0.2, 0.25) is 0 Å². The zero-order valence-corrected chi connectivity index (χ0v) is 13.5.